The molecule has 5 nitrogen and oxygen atoms in total. The molecule has 0 aromatic heterocycles. The highest BCUT2D eigenvalue weighted by Crippen LogP contribution is 2.16. The number of hydrogen-bond donors (Lipinski definition) is 0. The van der Waals surface area contributed by atoms with Gasteiger partial charge in [0, 0.05) is 49.4 Å². The summed E-state index contributed by atoms with van der Waals surface area (Å²) in [5, 5.41) is 0.542. The number of ether oxygens (including phenoxy) is 1. The summed E-state index contributed by atoms with van der Waals surface area (Å²) >= 11 is 5.96. The van der Waals surface area contributed by atoms with Crippen LogP contribution in [0.25, 0.3) is 0 Å². The molecule has 1 aliphatic rings. The molecule has 0 bridgehead atoms. The van der Waals surface area contributed by atoms with E-state index in [-0.39, 0.29) is 11.8 Å². The van der Waals surface area contributed by atoms with Gasteiger partial charge < -0.3 is 14.5 Å². The second-order valence-corrected chi connectivity index (χ2v) is 6.66. The second-order valence-electron chi connectivity index (χ2n) is 6.23. The quantitative estimate of drug-likeness (QED) is 0.828. The van der Waals surface area contributed by atoms with Crippen LogP contribution in [-0.2, 0) is 11.3 Å². The fourth-order valence-corrected chi connectivity index (χ4v) is 3.25. The third-order valence-corrected chi connectivity index (χ3v) is 4.65. The van der Waals surface area contributed by atoms with Crippen LogP contribution in [0.1, 0.15) is 26.3 Å². The van der Waals surface area contributed by atoms with Gasteiger partial charge in [-0.2, -0.15) is 0 Å². The van der Waals surface area contributed by atoms with Gasteiger partial charge in [0.05, 0.1) is 6.61 Å². The number of amides is 2. The smallest absolute Gasteiger partial charge is 0.254 e. The van der Waals surface area contributed by atoms with Gasteiger partial charge in [-0.15, -0.1) is 0 Å². The third kappa shape index (κ3) is 4.23. The SMILES string of the molecule is COCc1cccc(C(=O)N2CCN(C(=O)c3cccc(Cl)c3)CC2)c1. The van der Waals surface area contributed by atoms with Crippen molar-refractivity contribution in [1.29, 1.82) is 0 Å². The Labute approximate surface area is 158 Å². The molecule has 0 radical (unpaired) electrons. The summed E-state index contributed by atoms with van der Waals surface area (Å²) < 4.78 is 5.12. The molecule has 1 aliphatic heterocycles. The van der Waals surface area contributed by atoms with E-state index in [1.54, 1.807) is 41.2 Å². The lowest BCUT2D eigenvalue weighted by atomic mass is 10.1. The summed E-state index contributed by atoms with van der Waals surface area (Å²) in [7, 11) is 1.63. The lowest BCUT2D eigenvalue weighted by Crippen LogP contribution is -2.50. The van der Waals surface area contributed by atoms with E-state index in [9.17, 15) is 9.59 Å². The first-order chi connectivity index (χ1) is 12.6. The minimum atomic E-state index is -0.0540. The van der Waals surface area contributed by atoms with Gasteiger partial charge in [0.25, 0.3) is 11.8 Å². The predicted octanol–water partition coefficient (Wildman–Crippen LogP) is 3.08. The zero-order valence-electron chi connectivity index (χ0n) is 14.7. The highest BCUT2D eigenvalue weighted by molar-refractivity contribution is 6.30. The molecular weight excluding hydrogens is 352 g/mol. The Morgan fingerprint density at radius 3 is 2.00 bits per heavy atom. The zero-order chi connectivity index (χ0) is 18.5. The van der Waals surface area contributed by atoms with Crippen LogP contribution in [0, 0.1) is 0 Å². The lowest BCUT2D eigenvalue weighted by molar-refractivity contribution is 0.0535. The number of nitrogens with zero attached hydrogens (tertiary/aromatic N) is 2. The number of carbonyl (C=O) groups excluding carboxylic acids is 2. The van der Waals surface area contributed by atoms with Crippen LogP contribution in [0.15, 0.2) is 48.5 Å². The first-order valence-electron chi connectivity index (χ1n) is 8.50. The Morgan fingerprint density at radius 2 is 1.46 bits per heavy atom. The molecule has 1 fully saturated rings. The molecule has 3 rings (SSSR count). The average molecular weight is 373 g/mol. The van der Waals surface area contributed by atoms with E-state index in [1.807, 2.05) is 24.3 Å². The highest BCUT2D eigenvalue weighted by Gasteiger charge is 2.25. The van der Waals surface area contributed by atoms with Crippen LogP contribution < -0.4 is 0 Å². The molecule has 6 heteroatoms. The summed E-state index contributed by atoms with van der Waals surface area (Å²) in [6.07, 6.45) is 0. The van der Waals surface area contributed by atoms with E-state index < -0.39 is 0 Å². The maximum absolute atomic E-state index is 12.7. The summed E-state index contributed by atoms with van der Waals surface area (Å²) in [6, 6.07) is 14.4. The molecule has 0 N–H and O–H groups in total. The normalized spacial score (nSPS) is 14.4. The number of methoxy groups -OCH3 is 1. The first kappa shape index (κ1) is 18.4. The molecule has 1 heterocycles. The van der Waals surface area contributed by atoms with Gasteiger partial charge in [0.1, 0.15) is 0 Å². The number of piperazine rings is 1. The zero-order valence-corrected chi connectivity index (χ0v) is 15.4. The standard InChI is InChI=1S/C20H21ClN2O3/c1-26-14-15-4-2-5-16(12-15)19(24)22-8-10-23(11-9-22)20(25)17-6-3-7-18(21)13-17/h2-7,12-13H,8-11,14H2,1H3. The van der Waals surface area contributed by atoms with Gasteiger partial charge in [-0.25, -0.2) is 0 Å². The molecule has 0 spiro atoms. The molecule has 1 saturated heterocycles. The van der Waals surface area contributed by atoms with E-state index >= 15 is 0 Å². The van der Waals surface area contributed by atoms with Gasteiger partial charge in [-0.05, 0) is 35.9 Å². The maximum atomic E-state index is 12.7. The van der Waals surface area contributed by atoms with Crippen molar-refractivity contribution in [3.05, 3.63) is 70.2 Å². The van der Waals surface area contributed by atoms with Crippen LogP contribution in [0.4, 0.5) is 0 Å². The lowest BCUT2D eigenvalue weighted by Gasteiger charge is -2.35. The van der Waals surface area contributed by atoms with Gasteiger partial charge in [-0.1, -0.05) is 29.8 Å². The summed E-state index contributed by atoms with van der Waals surface area (Å²) in [5.41, 5.74) is 2.19. The van der Waals surface area contributed by atoms with Crippen molar-refractivity contribution in [1.82, 2.24) is 9.80 Å². The van der Waals surface area contributed by atoms with E-state index in [1.165, 1.54) is 0 Å². The summed E-state index contributed by atoms with van der Waals surface area (Å²) in [6.45, 7) is 2.52. The van der Waals surface area contributed by atoms with Crippen LogP contribution in [-0.4, -0.2) is 54.9 Å². The summed E-state index contributed by atoms with van der Waals surface area (Å²) in [4.78, 5) is 28.8. The largest absolute Gasteiger partial charge is 0.380 e. The summed E-state index contributed by atoms with van der Waals surface area (Å²) in [5.74, 6) is -0.0699. The molecule has 2 aromatic carbocycles. The first-order valence-corrected chi connectivity index (χ1v) is 8.88. The molecule has 0 saturated carbocycles. The Bertz CT molecular complexity index is 801. The number of benzene rings is 2. The second kappa shape index (κ2) is 8.34. The predicted molar refractivity (Wildman–Crippen MR) is 100 cm³/mol. The van der Waals surface area contributed by atoms with Gasteiger partial charge in [0.2, 0.25) is 0 Å². The van der Waals surface area contributed by atoms with Crippen LogP contribution in [0.3, 0.4) is 0 Å². The Morgan fingerprint density at radius 1 is 0.923 bits per heavy atom. The molecule has 0 aliphatic carbocycles. The Hall–Kier alpha value is -2.37. The van der Waals surface area contributed by atoms with Crippen molar-refractivity contribution in [2.75, 3.05) is 33.3 Å². The van der Waals surface area contributed by atoms with Crippen LogP contribution in [0.5, 0.6) is 0 Å². The minimum Gasteiger partial charge on any atom is -0.380 e. The van der Waals surface area contributed by atoms with Crippen molar-refractivity contribution in [2.45, 2.75) is 6.61 Å². The van der Waals surface area contributed by atoms with Crippen molar-refractivity contribution < 1.29 is 14.3 Å². The average Bonchev–Trinajstić information content (AvgIpc) is 2.67. The van der Waals surface area contributed by atoms with Gasteiger partial charge in [0.15, 0.2) is 0 Å². The molecular formula is C20H21ClN2O3. The molecule has 136 valence electrons. The monoisotopic (exact) mass is 372 g/mol. The molecule has 2 amide bonds. The molecule has 2 aromatic rings. The van der Waals surface area contributed by atoms with Crippen LogP contribution >= 0.6 is 11.6 Å². The van der Waals surface area contributed by atoms with Crippen molar-refractivity contribution >= 4 is 23.4 Å². The number of rotatable bonds is 4. The van der Waals surface area contributed by atoms with Crippen molar-refractivity contribution in [3.8, 4) is 0 Å². The number of carbonyl (C=O) groups is 2. The fraction of sp³-hybridized carbons (Fsp3) is 0.300. The third-order valence-electron chi connectivity index (χ3n) is 4.41. The van der Waals surface area contributed by atoms with Crippen molar-refractivity contribution in [2.24, 2.45) is 0 Å². The molecule has 0 atom stereocenters. The van der Waals surface area contributed by atoms with Gasteiger partial charge in [-0.3, -0.25) is 9.59 Å². The number of halogens is 1. The van der Waals surface area contributed by atoms with Crippen molar-refractivity contribution in [3.63, 3.8) is 0 Å². The minimum absolute atomic E-state index is 0.0159. The van der Waals surface area contributed by atoms with Crippen LogP contribution in [0.2, 0.25) is 5.02 Å². The molecule has 26 heavy (non-hydrogen) atoms. The fourth-order valence-electron chi connectivity index (χ4n) is 3.06. The number of hydrogen-bond acceptors (Lipinski definition) is 3. The maximum Gasteiger partial charge on any atom is 0.254 e. The molecule has 0 unspecified atom stereocenters. The van der Waals surface area contributed by atoms with E-state index in [0.29, 0.717) is 48.9 Å². The Kier molecular flexibility index (Phi) is 5.91. The van der Waals surface area contributed by atoms with Gasteiger partial charge >= 0.3 is 0 Å². The Balaban J connectivity index is 1.62. The van der Waals surface area contributed by atoms with E-state index in [4.69, 9.17) is 16.3 Å². The van der Waals surface area contributed by atoms with E-state index in [2.05, 4.69) is 0 Å². The highest BCUT2D eigenvalue weighted by atomic mass is 35.5. The topological polar surface area (TPSA) is 49.9 Å². The van der Waals surface area contributed by atoms with E-state index in [0.717, 1.165) is 5.56 Å².